The van der Waals surface area contributed by atoms with Crippen LogP contribution < -0.4 is 4.74 Å². The van der Waals surface area contributed by atoms with Crippen molar-refractivity contribution < 1.29 is 9.84 Å². The molecule has 4 heteroatoms. The predicted octanol–water partition coefficient (Wildman–Crippen LogP) is 3.48. The van der Waals surface area contributed by atoms with Gasteiger partial charge in [-0.15, -0.1) is 0 Å². The molecule has 1 saturated heterocycles. The van der Waals surface area contributed by atoms with Gasteiger partial charge in [0.15, 0.2) is 11.5 Å². The first-order chi connectivity index (χ1) is 11.8. The largest absolute Gasteiger partial charge is 0.504 e. The summed E-state index contributed by atoms with van der Waals surface area (Å²) >= 11 is 0. The van der Waals surface area contributed by atoms with Gasteiger partial charge in [0.25, 0.3) is 0 Å². The van der Waals surface area contributed by atoms with Crippen LogP contribution >= 0.6 is 0 Å². The summed E-state index contributed by atoms with van der Waals surface area (Å²) < 4.78 is 5.41. The van der Waals surface area contributed by atoms with E-state index in [0.717, 1.165) is 26.1 Å². The summed E-state index contributed by atoms with van der Waals surface area (Å²) in [5.74, 6) is 0.681. The monoisotopic (exact) mass is 324 g/mol. The van der Waals surface area contributed by atoms with Crippen LogP contribution in [0.4, 0.5) is 0 Å². The Kier molecular flexibility index (Phi) is 5.49. The van der Waals surface area contributed by atoms with E-state index in [4.69, 9.17) is 4.74 Å². The van der Waals surface area contributed by atoms with Gasteiger partial charge in [0, 0.05) is 31.4 Å². The molecule has 126 valence electrons. The molecule has 0 aliphatic carbocycles. The highest BCUT2D eigenvalue weighted by atomic mass is 16.5. The Hall–Kier alpha value is -2.33. The lowest BCUT2D eigenvalue weighted by molar-refractivity contribution is 0.318. The molecule has 3 rings (SSSR count). The van der Waals surface area contributed by atoms with Crippen molar-refractivity contribution >= 4 is 6.21 Å². The number of nitrogens with zero attached hydrogens (tertiary/aromatic N) is 2. The van der Waals surface area contributed by atoms with Crippen LogP contribution in [-0.2, 0) is 6.54 Å². The molecule has 1 aliphatic rings. The molecule has 2 aromatic rings. The lowest BCUT2D eigenvalue weighted by Gasteiger charge is -2.14. The van der Waals surface area contributed by atoms with Crippen molar-refractivity contribution in [3.05, 3.63) is 59.7 Å². The van der Waals surface area contributed by atoms with Gasteiger partial charge in [-0.2, -0.15) is 0 Å². The molecule has 0 amide bonds. The molecule has 0 unspecified atom stereocenters. The van der Waals surface area contributed by atoms with Gasteiger partial charge in [-0.05, 0) is 31.0 Å². The number of phenols is 1. The molecule has 0 bridgehead atoms. The van der Waals surface area contributed by atoms with Crippen LogP contribution in [0, 0.1) is 0 Å². The zero-order valence-electron chi connectivity index (χ0n) is 14.1. The number of rotatable bonds is 6. The third-order valence-corrected chi connectivity index (χ3v) is 4.25. The first kappa shape index (κ1) is 16.5. The average molecular weight is 324 g/mol. The first-order valence-electron chi connectivity index (χ1n) is 8.50. The maximum absolute atomic E-state index is 10.2. The molecule has 1 aliphatic heterocycles. The fourth-order valence-corrected chi connectivity index (χ4v) is 3.02. The molecule has 1 heterocycles. The summed E-state index contributed by atoms with van der Waals surface area (Å²) in [5.41, 5.74) is 2.05. The Morgan fingerprint density at radius 3 is 2.83 bits per heavy atom. The minimum absolute atomic E-state index is 0.169. The van der Waals surface area contributed by atoms with E-state index in [1.807, 2.05) is 25.1 Å². The molecular formula is C20H24N2O2. The third-order valence-electron chi connectivity index (χ3n) is 4.25. The number of likely N-dealkylation sites (tertiary alicyclic amines) is 1. The smallest absolute Gasteiger partial charge is 0.166 e. The lowest BCUT2D eigenvalue weighted by Crippen LogP contribution is -2.21. The van der Waals surface area contributed by atoms with Gasteiger partial charge in [0.05, 0.1) is 12.6 Å². The summed E-state index contributed by atoms with van der Waals surface area (Å²) in [4.78, 5) is 7.09. The van der Waals surface area contributed by atoms with Crippen molar-refractivity contribution in [1.82, 2.24) is 4.90 Å². The van der Waals surface area contributed by atoms with Crippen molar-refractivity contribution in [1.29, 1.82) is 0 Å². The second kappa shape index (κ2) is 7.97. The van der Waals surface area contributed by atoms with E-state index in [-0.39, 0.29) is 11.8 Å². The molecule has 1 atom stereocenters. The molecule has 2 aromatic carbocycles. The lowest BCUT2D eigenvalue weighted by atomic mass is 10.2. The van der Waals surface area contributed by atoms with Crippen molar-refractivity contribution in [2.75, 3.05) is 19.7 Å². The molecule has 0 saturated carbocycles. The number of ether oxygens (including phenoxy) is 1. The summed E-state index contributed by atoms with van der Waals surface area (Å²) in [5, 5.41) is 10.2. The van der Waals surface area contributed by atoms with E-state index >= 15 is 0 Å². The highest BCUT2D eigenvalue weighted by Gasteiger charge is 2.21. The predicted molar refractivity (Wildman–Crippen MR) is 97.0 cm³/mol. The van der Waals surface area contributed by atoms with Gasteiger partial charge in [-0.1, -0.05) is 36.4 Å². The standard InChI is InChI=1S/C20H24N2O2/c1-2-24-19-10-6-9-17(20(19)23)13-21-18-11-12-22(15-18)14-16-7-4-3-5-8-16/h3-10,13,18,23H,2,11-12,14-15H2,1H3/t18-/m1/s1. The Morgan fingerprint density at radius 2 is 2.04 bits per heavy atom. The molecule has 1 fully saturated rings. The Bertz CT molecular complexity index is 685. The van der Waals surface area contributed by atoms with Crippen molar-refractivity contribution in [3.63, 3.8) is 0 Å². The second-order valence-corrected chi connectivity index (χ2v) is 6.07. The van der Waals surface area contributed by atoms with Gasteiger partial charge in [-0.25, -0.2) is 0 Å². The first-order valence-corrected chi connectivity index (χ1v) is 8.50. The van der Waals surface area contributed by atoms with Crippen LogP contribution in [0.25, 0.3) is 0 Å². The normalized spacial score (nSPS) is 18.3. The highest BCUT2D eigenvalue weighted by Crippen LogP contribution is 2.28. The zero-order valence-corrected chi connectivity index (χ0v) is 14.1. The maximum atomic E-state index is 10.2. The maximum Gasteiger partial charge on any atom is 0.166 e. The van der Waals surface area contributed by atoms with Crippen LogP contribution in [0.1, 0.15) is 24.5 Å². The van der Waals surface area contributed by atoms with E-state index in [0.29, 0.717) is 17.9 Å². The fourth-order valence-electron chi connectivity index (χ4n) is 3.02. The summed E-state index contributed by atoms with van der Waals surface area (Å²) in [6.45, 7) is 5.42. The number of hydrogen-bond acceptors (Lipinski definition) is 4. The molecule has 0 radical (unpaired) electrons. The SMILES string of the molecule is CCOc1cccc(C=N[C@@H]2CCN(Cc3ccccc3)C2)c1O. The number of para-hydroxylation sites is 1. The number of phenolic OH excluding ortho intramolecular Hbond substituents is 1. The Balaban J connectivity index is 1.59. The van der Waals surface area contributed by atoms with Crippen LogP contribution in [0.15, 0.2) is 53.5 Å². The highest BCUT2D eigenvalue weighted by molar-refractivity contribution is 5.84. The fraction of sp³-hybridized carbons (Fsp3) is 0.350. The quantitative estimate of drug-likeness (QED) is 0.827. The molecule has 0 spiro atoms. The Labute approximate surface area is 143 Å². The number of hydrogen-bond donors (Lipinski definition) is 1. The third kappa shape index (κ3) is 4.15. The number of aliphatic imine (C=N–C) groups is 1. The minimum Gasteiger partial charge on any atom is -0.504 e. The minimum atomic E-state index is 0.169. The molecule has 1 N–H and O–H groups in total. The molecule has 4 nitrogen and oxygen atoms in total. The molecule has 0 aromatic heterocycles. The number of benzene rings is 2. The van der Waals surface area contributed by atoms with Gasteiger partial charge in [-0.3, -0.25) is 9.89 Å². The molecule has 24 heavy (non-hydrogen) atoms. The van der Waals surface area contributed by atoms with E-state index in [2.05, 4.69) is 34.2 Å². The van der Waals surface area contributed by atoms with E-state index < -0.39 is 0 Å². The number of aromatic hydroxyl groups is 1. The van der Waals surface area contributed by atoms with Gasteiger partial charge >= 0.3 is 0 Å². The zero-order chi connectivity index (χ0) is 16.8. The van der Waals surface area contributed by atoms with Gasteiger partial charge in [0.2, 0.25) is 0 Å². The van der Waals surface area contributed by atoms with Crippen LogP contribution in [0.5, 0.6) is 11.5 Å². The summed E-state index contributed by atoms with van der Waals surface area (Å²) in [6.07, 6.45) is 2.82. The summed E-state index contributed by atoms with van der Waals surface area (Å²) in [6, 6.07) is 16.3. The Morgan fingerprint density at radius 1 is 1.21 bits per heavy atom. The van der Waals surface area contributed by atoms with Crippen LogP contribution in [-0.4, -0.2) is 42.0 Å². The van der Waals surface area contributed by atoms with Crippen molar-refractivity contribution in [2.45, 2.75) is 25.9 Å². The van der Waals surface area contributed by atoms with E-state index in [9.17, 15) is 5.11 Å². The summed E-state index contributed by atoms with van der Waals surface area (Å²) in [7, 11) is 0. The molecular weight excluding hydrogens is 300 g/mol. The van der Waals surface area contributed by atoms with Crippen LogP contribution in [0.2, 0.25) is 0 Å². The van der Waals surface area contributed by atoms with Crippen molar-refractivity contribution in [3.8, 4) is 11.5 Å². The van der Waals surface area contributed by atoms with E-state index in [1.165, 1.54) is 5.56 Å². The van der Waals surface area contributed by atoms with E-state index in [1.54, 1.807) is 12.3 Å². The van der Waals surface area contributed by atoms with Crippen molar-refractivity contribution in [2.24, 2.45) is 4.99 Å². The van der Waals surface area contributed by atoms with Gasteiger partial charge in [0.1, 0.15) is 0 Å². The van der Waals surface area contributed by atoms with Crippen LogP contribution in [0.3, 0.4) is 0 Å². The van der Waals surface area contributed by atoms with Gasteiger partial charge < -0.3 is 9.84 Å². The second-order valence-electron chi connectivity index (χ2n) is 6.07. The average Bonchev–Trinajstić information content (AvgIpc) is 3.04. The topological polar surface area (TPSA) is 45.1 Å².